The number of nitrogens with two attached hydrogens (primary N) is 1. The van der Waals surface area contributed by atoms with Crippen LogP contribution in [-0.4, -0.2) is 15.5 Å². The number of amides is 1. The summed E-state index contributed by atoms with van der Waals surface area (Å²) in [4.78, 5) is 11.2. The lowest BCUT2D eigenvalue weighted by molar-refractivity contribution is 0.1000. The topological polar surface area (TPSA) is 84.2 Å². The Kier molecular flexibility index (Phi) is 2.08. The molecule has 0 bridgehead atoms. The van der Waals surface area contributed by atoms with Crippen LogP contribution < -0.4 is 5.73 Å². The van der Waals surface area contributed by atoms with Gasteiger partial charge in [-0.15, -0.1) is 6.42 Å². The number of aromatic nitrogens is 2. The number of hydrogen-bond donors (Lipinski definition) is 1. The van der Waals surface area contributed by atoms with E-state index in [1.807, 2.05) is 6.07 Å². The predicted molar refractivity (Wildman–Crippen MR) is 56.4 cm³/mol. The Bertz CT molecular complexity index is 670. The highest BCUT2D eigenvalue weighted by molar-refractivity contribution is 5.98. The molecular weight excluding hydrogens is 204 g/mol. The number of fused-ring (bicyclic) bond motifs is 1. The molecule has 0 unspecified atom stereocenters. The minimum absolute atomic E-state index is 0.215. The van der Waals surface area contributed by atoms with Crippen molar-refractivity contribution < 1.29 is 4.79 Å². The van der Waals surface area contributed by atoms with Crippen molar-refractivity contribution in [1.29, 1.82) is 5.26 Å². The second-order valence-electron chi connectivity index (χ2n) is 3.08. The molecule has 0 atom stereocenters. The Hall–Kier alpha value is -2.79. The predicted octanol–water partition coefficient (Wildman–Crippen LogP) is 0.286. The van der Waals surface area contributed by atoms with Gasteiger partial charge in [-0.05, 0) is 6.07 Å². The van der Waals surface area contributed by atoms with Crippen LogP contribution in [0.15, 0.2) is 18.5 Å². The summed E-state index contributed by atoms with van der Waals surface area (Å²) in [6.07, 6.45) is 8.26. The minimum atomic E-state index is -0.625. The maximum atomic E-state index is 11.2. The van der Waals surface area contributed by atoms with E-state index in [0.29, 0.717) is 16.6 Å². The molecule has 2 aromatic rings. The van der Waals surface area contributed by atoms with Crippen molar-refractivity contribution >= 4 is 11.4 Å². The zero-order valence-corrected chi connectivity index (χ0v) is 8.14. The molecule has 0 saturated carbocycles. The van der Waals surface area contributed by atoms with E-state index >= 15 is 0 Å². The van der Waals surface area contributed by atoms with Gasteiger partial charge >= 0.3 is 0 Å². The maximum Gasteiger partial charge on any atom is 0.250 e. The normalized spacial score (nSPS) is 9.62. The zero-order chi connectivity index (χ0) is 11.7. The first kappa shape index (κ1) is 9.75. The number of hydrogen-bond acceptors (Lipinski definition) is 3. The first-order valence-corrected chi connectivity index (χ1v) is 4.36. The van der Waals surface area contributed by atoms with Crippen LogP contribution in [0.4, 0.5) is 0 Å². The lowest BCUT2D eigenvalue weighted by atomic mass is 10.1. The molecule has 0 aliphatic carbocycles. The lowest BCUT2D eigenvalue weighted by Crippen LogP contribution is -2.14. The summed E-state index contributed by atoms with van der Waals surface area (Å²) < 4.78 is 1.44. The summed E-state index contributed by atoms with van der Waals surface area (Å²) in [7, 11) is 0. The highest BCUT2D eigenvalue weighted by Crippen LogP contribution is 2.18. The van der Waals surface area contributed by atoms with Crippen molar-refractivity contribution in [3.63, 3.8) is 0 Å². The highest BCUT2D eigenvalue weighted by Gasteiger charge is 2.14. The summed E-state index contributed by atoms with van der Waals surface area (Å²) in [5.74, 6) is 1.74. The summed E-state index contributed by atoms with van der Waals surface area (Å²) in [5, 5.41) is 12.8. The van der Waals surface area contributed by atoms with Crippen molar-refractivity contribution in [2.75, 3.05) is 0 Å². The van der Waals surface area contributed by atoms with E-state index in [4.69, 9.17) is 17.4 Å². The number of pyridine rings is 1. The third kappa shape index (κ3) is 1.20. The molecule has 2 aromatic heterocycles. The Labute approximate surface area is 91.1 Å². The molecule has 0 radical (unpaired) electrons. The van der Waals surface area contributed by atoms with Crippen LogP contribution in [0.3, 0.4) is 0 Å². The summed E-state index contributed by atoms with van der Waals surface area (Å²) in [6, 6.07) is 3.44. The summed E-state index contributed by atoms with van der Waals surface area (Å²) >= 11 is 0. The molecule has 5 heteroatoms. The van der Waals surface area contributed by atoms with Crippen molar-refractivity contribution in [3.05, 3.63) is 35.2 Å². The Morgan fingerprint density at radius 3 is 2.94 bits per heavy atom. The molecule has 0 aliphatic heterocycles. The zero-order valence-electron chi connectivity index (χ0n) is 8.14. The van der Waals surface area contributed by atoms with Crippen LogP contribution in [0.1, 0.15) is 21.5 Å². The van der Waals surface area contributed by atoms with Gasteiger partial charge < -0.3 is 5.73 Å². The first-order valence-electron chi connectivity index (χ1n) is 4.36. The molecule has 0 saturated heterocycles. The molecule has 2 rings (SSSR count). The van der Waals surface area contributed by atoms with Crippen LogP contribution in [0.5, 0.6) is 0 Å². The molecule has 5 nitrogen and oxygen atoms in total. The molecule has 2 N–H and O–H groups in total. The van der Waals surface area contributed by atoms with Gasteiger partial charge in [0.2, 0.25) is 5.91 Å². The second kappa shape index (κ2) is 3.41. The molecular formula is C11H6N4O. The van der Waals surface area contributed by atoms with Gasteiger partial charge in [-0.1, -0.05) is 5.92 Å². The largest absolute Gasteiger partial charge is 0.366 e. The highest BCUT2D eigenvalue weighted by atomic mass is 16.1. The standard InChI is InChI=1S/C11H6N4O/c1-2-8-9(11(13)16)3-4-15-10(8)7(5-12)6-14-15/h1,3-4,6H,(H2,13,16). The van der Waals surface area contributed by atoms with E-state index in [0.717, 1.165) is 0 Å². The average molecular weight is 210 g/mol. The molecule has 1 amide bonds. The number of rotatable bonds is 1. The van der Waals surface area contributed by atoms with Gasteiger partial charge in [-0.25, -0.2) is 4.52 Å². The van der Waals surface area contributed by atoms with Gasteiger partial charge in [0, 0.05) is 6.20 Å². The van der Waals surface area contributed by atoms with Gasteiger partial charge in [0.25, 0.3) is 0 Å². The fraction of sp³-hybridized carbons (Fsp3) is 0. The van der Waals surface area contributed by atoms with Crippen molar-refractivity contribution in [1.82, 2.24) is 9.61 Å². The minimum Gasteiger partial charge on any atom is -0.366 e. The quantitative estimate of drug-likeness (QED) is 0.686. The third-order valence-electron chi connectivity index (χ3n) is 2.21. The molecule has 76 valence electrons. The summed E-state index contributed by atoms with van der Waals surface area (Å²) in [6.45, 7) is 0. The van der Waals surface area contributed by atoms with Gasteiger partial charge in [-0.2, -0.15) is 10.4 Å². The monoisotopic (exact) mass is 210 g/mol. The average Bonchev–Trinajstić information content (AvgIpc) is 2.70. The fourth-order valence-corrected chi connectivity index (χ4v) is 1.51. The molecule has 0 aromatic carbocycles. The first-order chi connectivity index (χ1) is 7.69. The summed E-state index contributed by atoms with van der Waals surface area (Å²) in [5.41, 5.74) is 6.45. The van der Waals surface area contributed by atoms with Crippen LogP contribution in [0.2, 0.25) is 0 Å². The molecule has 0 spiro atoms. The maximum absolute atomic E-state index is 11.2. The SMILES string of the molecule is C#Cc1c(C(N)=O)ccn2ncc(C#N)c12. The van der Waals surface area contributed by atoms with Crippen molar-refractivity contribution in [2.45, 2.75) is 0 Å². The number of nitrogens with zero attached hydrogens (tertiary/aromatic N) is 3. The number of carbonyl (C=O) groups excluding carboxylic acids is 1. The third-order valence-corrected chi connectivity index (χ3v) is 2.21. The van der Waals surface area contributed by atoms with E-state index in [-0.39, 0.29) is 5.56 Å². The Morgan fingerprint density at radius 1 is 1.62 bits per heavy atom. The van der Waals surface area contributed by atoms with E-state index in [1.54, 1.807) is 0 Å². The van der Waals surface area contributed by atoms with Gasteiger partial charge in [0.05, 0.1) is 22.9 Å². The Balaban J connectivity index is 2.96. The molecule has 16 heavy (non-hydrogen) atoms. The van der Waals surface area contributed by atoms with E-state index in [2.05, 4.69) is 11.0 Å². The number of nitriles is 1. The molecule has 2 heterocycles. The van der Waals surface area contributed by atoms with Gasteiger partial charge in [0.1, 0.15) is 11.6 Å². The second-order valence-corrected chi connectivity index (χ2v) is 3.08. The van der Waals surface area contributed by atoms with Crippen LogP contribution in [-0.2, 0) is 0 Å². The molecule has 0 aliphatic rings. The van der Waals surface area contributed by atoms with E-state index in [1.165, 1.54) is 23.0 Å². The van der Waals surface area contributed by atoms with Crippen molar-refractivity contribution in [3.8, 4) is 18.4 Å². The van der Waals surface area contributed by atoms with Crippen LogP contribution >= 0.6 is 0 Å². The van der Waals surface area contributed by atoms with Crippen LogP contribution in [0, 0.1) is 23.7 Å². The number of primary amides is 1. The van der Waals surface area contributed by atoms with Crippen molar-refractivity contribution in [2.24, 2.45) is 5.73 Å². The fourth-order valence-electron chi connectivity index (χ4n) is 1.51. The number of terminal acetylenes is 1. The Morgan fingerprint density at radius 2 is 2.38 bits per heavy atom. The van der Waals surface area contributed by atoms with Crippen LogP contribution in [0.25, 0.3) is 5.52 Å². The van der Waals surface area contributed by atoms with E-state index in [9.17, 15) is 4.79 Å². The lowest BCUT2D eigenvalue weighted by Gasteiger charge is -2.02. The molecule has 0 fully saturated rings. The number of carbonyl (C=O) groups is 1. The van der Waals surface area contributed by atoms with Gasteiger partial charge in [-0.3, -0.25) is 4.79 Å². The smallest absolute Gasteiger partial charge is 0.250 e. The van der Waals surface area contributed by atoms with E-state index < -0.39 is 5.91 Å². The van der Waals surface area contributed by atoms with Gasteiger partial charge in [0.15, 0.2) is 0 Å².